The lowest BCUT2D eigenvalue weighted by molar-refractivity contribution is 0.876. The van der Waals surface area contributed by atoms with Gasteiger partial charge in [0.25, 0.3) is 0 Å². The van der Waals surface area contributed by atoms with Crippen LogP contribution in [0.3, 0.4) is 0 Å². The van der Waals surface area contributed by atoms with E-state index in [2.05, 4.69) is 16.0 Å². The van der Waals surface area contributed by atoms with Gasteiger partial charge in [0.15, 0.2) is 11.5 Å². The molecule has 0 unspecified atom stereocenters. The van der Waals surface area contributed by atoms with Crippen molar-refractivity contribution in [3.8, 4) is 17.3 Å². The van der Waals surface area contributed by atoms with Gasteiger partial charge in [-0.15, -0.1) is 0 Å². The van der Waals surface area contributed by atoms with Gasteiger partial charge in [-0.3, -0.25) is 0 Å². The van der Waals surface area contributed by atoms with Crippen LogP contribution in [0.1, 0.15) is 17.0 Å². The van der Waals surface area contributed by atoms with E-state index in [1.54, 1.807) is 0 Å². The second-order valence-corrected chi connectivity index (χ2v) is 4.02. The average molecular weight is 222 g/mol. The molecule has 2 N–H and O–H groups in total. The SMILES string of the molecule is N#Cc1nc2c(nc1N)-c1ccccc1CC2. The van der Waals surface area contributed by atoms with E-state index in [1.807, 2.05) is 24.3 Å². The quantitative estimate of drug-likeness (QED) is 0.736. The molecule has 0 fully saturated rings. The van der Waals surface area contributed by atoms with Gasteiger partial charge in [-0.05, 0) is 18.4 Å². The van der Waals surface area contributed by atoms with Crippen molar-refractivity contribution in [1.82, 2.24) is 9.97 Å². The van der Waals surface area contributed by atoms with Crippen molar-refractivity contribution in [2.45, 2.75) is 12.8 Å². The maximum absolute atomic E-state index is 8.88. The number of fused-ring (bicyclic) bond motifs is 3. The van der Waals surface area contributed by atoms with Crippen molar-refractivity contribution < 1.29 is 0 Å². The highest BCUT2D eigenvalue weighted by atomic mass is 14.9. The maximum Gasteiger partial charge on any atom is 0.183 e. The molecule has 2 aromatic rings. The monoisotopic (exact) mass is 222 g/mol. The average Bonchev–Trinajstić information content (AvgIpc) is 2.38. The lowest BCUT2D eigenvalue weighted by Gasteiger charge is -2.18. The molecule has 1 aromatic heterocycles. The lowest BCUT2D eigenvalue weighted by atomic mass is 9.92. The summed E-state index contributed by atoms with van der Waals surface area (Å²) in [5.41, 5.74) is 9.98. The second-order valence-electron chi connectivity index (χ2n) is 4.02. The van der Waals surface area contributed by atoms with Crippen molar-refractivity contribution in [2.75, 3.05) is 5.73 Å². The first-order chi connectivity index (χ1) is 8.29. The highest BCUT2D eigenvalue weighted by Gasteiger charge is 2.20. The first-order valence-electron chi connectivity index (χ1n) is 5.44. The highest BCUT2D eigenvalue weighted by molar-refractivity contribution is 5.70. The Morgan fingerprint density at radius 1 is 1.18 bits per heavy atom. The minimum Gasteiger partial charge on any atom is -0.381 e. The molecule has 0 amide bonds. The van der Waals surface area contributed by atoms with Gasteiger partial charge in [0, 0.05) is 5.56 Å². The number of rotatable bonds is 0. The molecule has 3 rings (SSSR count). The molecular formula is C13H10N4. The predicted octanol–water partition coefficient (Wildman–Crippen LogP) is 1.70. The zero-order chi connectivity index (χ0) is 11.8. The Morgan fingerprint density at radius 2 is 2.00 bits per heavy atom. The number of nitrogens with zero attached hydrogens (tertiary/aromatic N) is 3. The third-order valence-corrected chi connectivity index (χ3v) is 3.00. The van der Waals surface area contributed by atoms with Crippen molar-refractivity contribution in [3.63, 3.8) is 0 Å². The molecule has 0 saturated carbocycles. The molecule has 0 radical (unpaired) electrons. The molecule has 0 spiro atoms. The minimum atomic E-state index is 0.211. The van der Waals surface area contributed by atoms with Crippen LogP contribution < -0.4 is 5.73 Å². The Balaban J connectivity index is 2.27. The van der Waals surface area contributed by atoms with E-state index in [-0.39, 0.29) is 11.5 Å². The summed E-state index contributed by atoms with van der Waals surface area (Å²) in [7, 11) is 0. The Morgan fingerprint density at radius 3 is 2.82 bits per heavy atom. The second kappa shape index (κ2) is 3.56. The van der Waals surface area contributed by atoms with Crippen LogP contribution in [0.4, 0.5) is 5.82 Å². The van der Waals surface area contributed by atoms with E-state index in [0.29, 0.717) is 0 Å². The highest BCUT2D eigenvalue weighted by Crippen LogP contribution is 2.31. The van der Waals surface area contributed by atoms with Crippen molar-refractivity contribution in [3.05, 3.63) is 41.2 Å². The predicted molar refractivity (Wildman–Crippen MR) is 64.0 cm³/mol. The summed E-state index contributed by atoms with van der Waals surface area (Å²) in [5.74, 6) is 0.211. The van der Waals surface area contributed by atoms with Crippen LogP contribution in [-0.2, 0) is 12.8 Å². The third kappa shape index (κ3) is 1.44. The minimum absolute atomic E-state index is 0.211. The van der Waals surface area contributed by atoms with Gasteiger partial charge in [-0.25, -0.2) is 9.97 Å². The first kappa shape index (κ1) is 9.79. The lowest BCUT2D eigenvalue weighted by Crippen LogP contribution is -2.11. The molecule has 1 aliphatic carbocycles. The van der Waals surface area contributed by atoms with E-state index < -0.39 is 0 Å². The number of nitrogen functional groups attached to an aromatic ring is 1. The number of aryl methyl sites for hydroxylation is 2. The Labute approximate surface area is 98.7 Å². The number of anilines is 1. The summed E-state index contributed by atoms with van der Waals surface area (Å²) < 4.78 is 0. The molecule has 1 heterocycles. The fourth-order valence-corrected chi connectivity index (χ4v) is 2.18. The number of hydrogen-bond acceptors (Lipinski definition) is 4. The van der Waals surface area contributed by atoms with Gasteiger partial charge in [0.2, 0.25) is 0 Å². The van der Waals surface area contributed by atoms with Gasteiger partial charge in [0.1, 0.15) is 6.07 Å². The van der Waals surface area contributed by atoms with Crippen LogP contribution in [0.15, 0.2) is 24.3 Å². The number of nitriles is 1. The topological polar surface area (TPSA) is 75.6 Å². The van der Waals surface area contributed by atoms with Gasteiger partial charge in [0.05, 0.1) is 11.4 Å². The summed E-state index contributed by atoms with van der Waals surface area (Å²) in [6.07, 6.45) is 1.75. The molecule has 0 bridgehead atoms. The van der Waals surface area contributed by atoms with E-state index in [9.17, 15) is 0 Å². The van der Waals surface area contributed by atoms with Gasteiger partial charge in [-0.1, -0.05) is 24.3 Å². The number of nitrogens with two attached hydrogens (primary N) is 1. The standard InChI is InChI=1S/C13H10N4/c14-7-11-13(15)17-12-9-4-2-1-3-8(9)5-6-10(12)16-11/h1-4H,5-6H2,(H2,15,17). The van der Waals surface area contributed by atoms with Crippen LogP contribution in [0.2, 0.25) is 0 Å². The summed E-state index contributed by atoms with van der Waals surface area (Å²) in [5, 5.41) is 8.88. The third-order valence-electron chi connectivity index (χ3n) is 3.00. The molecule has 4 nitrogen and oxygen atoms in total. The van der Waals surface area contributed by atoms with Crippen LogP contribution in [0.5, 0.6) is 0 Å². The van der Waals surface area contributed by atoms with E-state index in [1.165, 1.54) is 5.56 Å². The zero-order valence-corrected chi connectivity index (χ0v) is 9.14. The number of hydrogen-bond donors (Lipinski definition) is 1. The summed E-state index contributed by atoms with van der Waals surface area (Å²) >= 11 is 0. The van der Waals surface area contributed by atoms with Gasteiger partial charge < -0.3 is 5.73 Å². The Kier molecular flexibility index (Phi) is 2.05. The van der Waals surface area contributed by atoms with E-state index >= 15 is 0 Å². The molecule has 1 aromatic carbocycles. The largest absolute Gasteiger partial charge is 0.381 e. The van der Waals surface area contributed by atoms with Crippen molar-refractivity contribution in [2.24, 2.45) is 0 Å². The summed E-state index contributed by atoms with van der Waals surface area (Å²) in [4.78, 5) is 8.60. The van der Waals surface area contributed by atoms with E-state index in [4.69, 9.17) is 11.0 Å². The molecule has 0 atom stereocenters. The number of aromatic nitrogens is 2. The van der Waals surface area contributed by atoms with Crippen LogP contribution in [0.25, 0.3) is 11.3 Å². The Bertz CT molecular complexity index is 640. The van der Waals surface area contributed by atoms with Crippen molar-refractivity contribution in [1.29, 1.82) is 5.26 Å². The summed E-state index contributed by atoms with van der Waals surface area (Å²) in [6, 6.07) is 10.1. The zero-order valence-electron chi connectivity index (χ0n) is 9.14. The Hall–Kier alpha value is -2.41. The van der Waals surface area contributed by atoms with Crippen molar-refractivity contribution >= 4 is 5.82 Å². The maximum atomic E-state index is 8.88. The fourth-order valence-electron chi connectivity index (χ4n) is 2.18. The normalized spacial score (nSPS) is 12.4. The molecule has 4 heteroatoms. The molecular weight excluding hydrogens is 212 g/mol. The van der Waals surface area contributed by atoms with Crippen LogP contribution >= 0.6 is 0 Å². The van der Waals surface area contributed by atoms with E-state index in [0.717, 1.165) is 29.8 Å². The summed E-state index contributed by atoms with van der Waals surface area (Å²) in [6.45, 7) is 0. The smallest absolute Gasteiger partial charge is 0.183 e. The molecule has 82 valence electrons. The molecule has 1 aliphatic rings. The fraction of sp³-hybridized carbons (Fsp3) is 0.154. The molecule has 0 saturated heterocycles. The number of benzene rings is 1. The molecule has 17 heavy (non-hydrogen) atoms. The van der Waals surface area contributed by atoms with Crippen LogP contribution in [0, 0.1) is 11.3 Å². The van der Waals surface area contributed by atoms with Crippen LogP contribution in [-0.4, -0.2) is 9.97 Å². The van der Waals surface area contributed by atoms with Gasteiger partial charge in [-0.2, -0.15) is 5.26 Å². The first-order valence-corrected chi connectivity index (χ1v) is 5.44. The van der Waals surface area contributed by atoms with Gasteiger partial charge >= 0.3 is 0 Å². The molecule has 0 aliphatic heterocycles.